The van der Waals surface area contributed by atoms with E-state index in [1.807, 2.05) is 18.2 Å². The number of hydrogen-bond acceptors (Lipinski definition) is 2. The third-order valence-electron chi connectivity index (χ3n) is 2.21. The van der Waals surface area contributed by atoms with E-state index < -0.39 is 0 Å². The summed E-state index contributed by atoms with van der Waals surface area (Å²) in [6.07, 6.45) is 1.78. The van der Waals surface area contributed by atoms with E-state index in [0.717, 1.165) is 16.9 Å². The molecule has 0 unspecified atom stereocenters. The number of hydrogen-bond donors (Lipinski definition) is 0. The normalized spacial score (nSPS) is 10.8. The first kappa shape index (κ1) is 9.00. The minimum atomic E-state index is 0.368. The van der Waals surface area contributed by atoms with Gasteiger partial charge in [-0.3, -0.25) is 0 Å². The third kappa shape index (κ3) is 1.55. The summed E-state index contributed by atoms with van der Waals surface area (Å²) in [5, 5.41) is 3.84. The molecule has 1 aromatic heterocycles. The molecule has 1 aromatic carbocycles. The van der Waals surface area contributed by atoms with Gasteiger partial charge in [0.2, 0.25) is 0 Å². The van der Waals surface area contributed by atoms with Crippen molar-refractivity contribution in [3.63, 3.8) is 0 Å². The van der Waals surface area contributed by atoms with Crippen LogP contribution in [0.15, 0.2) is 41.1 Å². The molecular formula is C12H13NO. The van der Waals surface area contributed by atoms with Crippen LogP contribution in [-0.4, -0.2) is 5.16 Å². The van der Waals surface area contributed by atoms with E-state index in [1.165, 1.54) is 0 Å². The summed E-state index contributed by atoms with van der Waals surface area (Å²) in [7, 11) is 0. The van der Waals surface area contributed by atoms with Gasteiger partial charge in [0.25, 0.3) is 0 Å². The first-order chi connectivity index (χ1) is 6.79. The smallest absolute Gasteiger partial charge is 0.147 e. The summed E-state index contributed by atoms with van der Waals surface area (Å²) in [6.45, 7) is 4.21. The van der Waals surface area contributed by atoms with Gasteiger partial charge in [-0.2, -0.15) is 0 Å². The molecule has 2 nitrogen and oxygen atoms in total. The van der Waals surface area contributed by atoms with Crippen molar-refractivity contribution in [2.45, 2.75) is 19.8 Å². The Morgan fingerprint density at radius 3 is 2.50 bits per heavy atom. The molecule has 14 heavy (non-hydrogen) atoms. The molecule has 0 bridgehead atoms. The van der Waals surface area contributed by atoms with E-state index in [0.29, 0.717) is 5.92 Å². The predicted octanol–water partition coefficient (Wildman–Crippen LogP) is 3.47. The van der Waals surface area contributed by atoms with Gasteiger partial charge in [-0.05, 0) is 5.56 Å². The van der Waals surface area contributed by atoms with Gasteiger partial charge in [0.1, 0.15) is 5.76 Å². The molecule has 1 heterocycles. The minimum absolute atomic E-state index is 0.368. The van der Waals surface area contributed by atoms with E-state index in [4.69, 9.17) is 4.52 Å². The Morgan fingerprint density at radius 2 is 1.86 bits per heavy atom. The standard InChI is InChI=1S/C12H13NO/c1-9(2)12-11(8-13-14-12)10-6-4-3-5-7-10/h3-9H,1-2H3. The molecule has 0 N–H and O–H groups in total. The summed E-state index contributed by atoms with van der Waals surface area (Å²) in [4.78, 5) is 0. The highest BCUT2D eigenvalue weighted by atomic mass is 16.5. The zero-order valence-corrected chi connectivity index (χ0v) is 8.40. The van der Waals surface area contributed by atoms with Crippen LogP contribution in [0, 0.1) is 0 Å². The zero-order chi connectivity index (χ0) is 9.97. The van der Waals surface area contributed by atoms with Crippen molar-refractivity contribution in [3.05, 3.63) is 42.3 Å². The topological polar surface area (TPSA) is 26.0 Å². The molecule has 2 heteroatoms. The van der Waals surface area contributed by atoms with Crippen LogP contribution < -0.4 is 0 Å². The quantitative estimate of drug-likeness (QED) is 0.719. The monoisotopic (exact) mass is 187 g/mol. The Kier molecular flexibility index (Phi) is 2.35. The van der Waals surface area contributed by atoms with Crippen molar-refractivity contribution < 1.29 is 4.52 Å². The van der Waals surface area contributed by atoms with Crippen LogP contribution >= 0.6 is 0 Å². The summed E-state index contributed by atoms with van der Waals surface area (Å²) in [5.41, 5.74) is 2.26. The molecule has 0 aliphatic heterocycles. The van der Waals surface area contributed by atoms with Crippen LogP contribution in [0.4, 0.5) is 0 Å². The molecule has 0 spiro atoms. The van der Waals surface area contributed by atoms with Crippen molar-refractivity contribution in [1.29, 1.82) is 0 Å². The van der Waals surface area contributed by atoms with Gasteiger partial charge >= 0.3 is 0 Å². The minimum Gasteiger partial charge on any atom is -0.360 e. The van der Waals surface area contributed by atoms with E-state index in [1.54, 1.807) is 6.20 Å². The lowest BCUT2D eigenvalue weighted by atomic mass is 10.0. The maximum Gasteiger partial charge on any atom is 0.147 e. The third-order valence-corrected chi connectivity index (χ3v) is 2.21. The highest BCUT2D eigenvalue weighted by Crippen LogP contribution is 2.28. The number of benzene rings is 1. The first-order valence-electron chi connectivity index (χ1n) is 4.79. The molecule has 0 atom stereocenters. The summed E-state index contributed by atoms with van der Waals surface area (Å²) in [5.74, 6) is 1.32. The largest absolute Gasteiger partial charge is 0.360 e. The van der Waals surface area contributed by atoms with Crippen LogP contribution in [-0.2, 0) is 0 Å². The number of aromatic nitrogens is 1. The summed E-state index contributed by atoms with van der Waals surface area (Å²) >= 11 is 0. The van der Waals surface area contributed by atoms with Crippen molar-refractivity contribution >= 4 is 0 Å². The summed E-state index contributed by atoms with van der Waals surface area (Å²) in [6, 6.07) is 10.2. The van der Waals surface area contributed by atoms with Crippen LogP contribution in [0.1, 0.15) is 25.5 Å². The Balaban J connectivity index is 2.47. The average molecular weight is 187 g/mol. The summed E-state index contributed by atoms with van der Waals surface area (Å²) < 4.78 is 5.23. The van der Waals surface area contributed by atoms with Crippen LogP contribution in [0.25, 0.3) is 11.1 Å². The predicted molar refractivity (Wildman–Crippen MR) is 56.0 cm³/mol. The Morgan fingerprint density at radius 1 is 1.14 bits per heavy atom. The van der Waals surface area contributed by atoms with Crippen molar-refractivity contribution in [2.24, 2.45) is 0 Å². The zero-order valence-electron chi connectivity index (χ0n) is 8.40. The van der Waals surface area contributed by atoms with E-state index in [2.05, 4.69) is 31.1 Å². The van der Waals surface area contributed by atoms with Crippen LogP contribution in [0.2, 0.25) is 0 Å². The lowest BCUT2D eigenvalue weighted by Crippen LogP contribution is -1.86. The molecule has 2 aromatic rings. The van der Waals surface area contributed by atoms with Gasteiger partial charge < -0.3 is 4.52 Å². The molecule has 0 aliphatic rings. The molecule has 2 rings (SSSR count). The first-order valence-corrected chi connectivity index (χ1v) is 4.79. The van der Waals surface area contributed by atoms with Gasteiger partial charge in [-0.1, -0.05) is 49.3 Å². The fraction of sp³-hybridized carbons (Fsp3) is 0.250. The SMILES string of the molecule is CC(C)c1oncc1-c1ccccc1. The maximum atomic E-state index is 5.23. The number of nitrogens with zero attached hydrogens (tertiary/aromatic N) is 1. The van der Waals surface area contributed by atoms with E-state index in [-0.39, 0.29) is 0 Å². The molecule has 0 saturated heterocycles. The van der Waals surface area contributed by atoms with Gasteiger partial charge in [0.15, 0.2) is 0 Å². The molecule has 0 amide bonds. The maximum absolute atomic E-state index is 5.23. The average Bonchev–Trinajstić information content (AvgIpc) is 2.67. The lowest BCUT2D eigenvalue weighted by Gasteiger charge is -2.03. The van der Waals surface area contributed by atoms with Gasteiger partial charge in [-0.25, -0.2) is 0 Å². The van der Waals surface area contributed by atoms with Crippen LogP contribution in [0.3, 0.4) is 0 Å². The highest BCUT2D eigenvalue weighted by Gasteiger charge is 2.12. The second-order valence-corrected chi connectivity index (χ2v) is 3.62. The second-order valence-electron chi connectivity index (χ2n) is 3.62. The lowest BCUT2D eigenvalue weighted by molar-refractivity contribution is 0.372. The molecule has 0 aliphatic carbocycles. The highest BCUT2D eigenvalue weighted by molar-refractivity contribution is 5.64. The van der Waals surface area contributed by atoms with Crippen molar-refractivity contribution in [2.75, 3.05) is 0 Å². The molecule has 72 valence electrons. The van der Waals surface area contributed by atoms with Gasteiger partial charge in [0, 0.05) is 11.5 Å². The van der Waals surface area contributed by atoms with Crippen molar-refractivity contribution in [1.82, 2.24) is 5.16 Å². The fourth-order valence-electron chi connectivity index (χ4n) is 1.50. The Labute approximate surface area is 83.5 Å². The fourth-order valence-corrected chi connectivity index (χ4v) is 1.50. The van der Waals surface area contributed by atoms with Crippen LogP contribution in [0.5, 0.6) is 0 Å². The van der Waals surface area contributed by atoms with Gasteiger partial charge in [-0.15, -0.1) is 0 Å². The molecule has 0 fully saturated rings. The van der Waals surface area contributed by atoms with Gasteiger partial charge in [0.05, 0.1) is 6.20 Å². The second kappa shape index (κ2) is 3.66. The van der Waals surface area contributed by atoms with E-state index in [9.17, 15) is 0 Å². The number of rotatable bonds is 2. The molecule has 0 saturated carbocycles. The molecule has 0 radical (unpaired) electrons. The van der Waals surface area contributed by atoms with E-state index >= 15 is 0 Å². The molecular weight excluding hydrogens is 174 g/mol. The van der Waals surface area contributed by atoms with Crippen molar-refractivity contribution in [3.8, 4) is 11.1 Å². The Bertz CT molecular complexity index is 403. The Hall–Kier alpha value is -1.57.